The highest BCUT2D eigenvalue weighted by molar-refractivity contribution is 7.90. The maximum atomic E-state index is 10.7. The van der Waals surface area contributed by atoms with E-state index >= 15 is 0 Å². The molecule has 0 aliphatic rings. The smallest absolute Gasteiger partial charge is 0.216 e. The summed E-state index contributed by atoms with van der Waals surface area (Å²) in [6, 6.07) is 0. The Labute approximate surface area is 78.8 Å². The van der Waals surface area contributed by atoms with Gasteiger partial charge in [0.05, 0.1) is 5.75 Å². The van der Waals surface area contributed by atoms with Crippen LogP contribution in [0, 0.1) is 0 Å². The third kappa shape index (κ3) is 11.4. The van der Waals surface area contributed by atoms with Crippen molar-refractivity contribution in [3.05, 3.63) is 0 Å². The van der Waals surface area contributed by atoms with Gasteiger partial charge in [-0.05, 0) is 0 Å². The predicted molar refractivity (Wildman–Crippen MR) is 51.3 cm³/mol. The molecular weight excluding hydrogens is 192 g/mol. The number of carbonyl (C=O) groups is 1. The van der Waals surface area contributed by atoms with Crippen molar-refractivity contribution in [1.29, 1.82) is 0 Å². The first kappa shape index (κ1) is 12.4. The molecule has 0 aromatic carbocycles. The highest BCUT2D eigenvalue weighted by atomic mass is 32.2. The SMILES string of the molecule is CC(=O)NCCNCCS(C)(=O)=O. The van der Waals surface area contributed by atoms with E-state index < -0.39 is 9.84 Å². The minimum absolute atomic E-state index is 0.0788. The van der Waals surface area contributed by atoms with E-state index in [1.165, 1.54) is 13.2 Å². The van der Waals surface area contributed by atoms with Gasteiger partial charge in [-0.1, -0.05) is 0 Å². The van der Waals surface area contributed by atoms with Crippen molar-refractivity contribution in [2.24, 2.45) is 0 Å². The molecule has 2 N–H and O–H groups in total. The van der Waals surface area contributed by atoms with Crippen molar-refractivity contribution in [3.8, 4) is 0 Å². The van der Waals surface area contributed by atoms with Crippen molar-refractivity contribution in [3.63, 3.8) is 0 Å². The van der Waals surface area contributed by atoms with E-state index in [0.29, 0.717) is 19.6 Å². The molecule has 0 radical (unpaired) electrons. The number of carbonyl (C=O) groups excluding carboxylic acids is 1. The van der Waals surface area contributed by atoms with Crippen LogP contribution in [0.4, 0.5) is 0 Å². The van der Waals surface area contributed by atoms with Crippen LogP contribution < -0.4 is 10.6 Å². The molecule has 0 aromatic rings. The summed E-state index contributed by atoms with van der Waals surface area (Å²) in [5.41, 5.74) is 0. The van der Waals surface area contributed by atoms with Crippen LogP contribution in [0.5, 0.6) is 0 Å². The lowest BCUT2D eigenvalue weighted by molar-refractivity contribution is -0.118. The van der Waals surface area contributed by atoms with Gasteiger partial charge >= 0.3 is 0 Å². The van der Waals surface area contributed by atoms with E-state index in [9.17, 15) is 13.2 Å². The summed E-state index contributed by atoms with van der Waals surface area (Å²) < 4.78 is 21.3. The first-order valence-corrected chi connectivity index (χ1v) is 6.11. The second-order valence-corrected chi connectivity index (χ2v) is 5.12. The van der Waals surface area contributed by atoms with Crippen LogP contribution in [-0.4, -0.2) is 46.0 Å². The van der Waals surface area contributed by atoms with Crippen LogP contribution in [0.25, 0.3) is 0 Å². The highest BCUT2D eigenvalue weighted by Crippen LogP contribution is 1.78. The summed E-state index contributed by atoms with van der Waals surface area (Å²) in [5, 5.41) is 5.50. The minimum Gasteiger partial charge on any atom is -0.355 e. The summed E-state index contributed by atoms with van der Waals surface area (Å²) in [4.78, 5) is 10.4. The molecule has 0 spiro atoms. The Bertz CT molecular complexity index is 248. The molecule has 78 valence electrons. The standard InChI is InChI=1S/C7H16N2O3S/c1-7(10)9-4-3-8-5-6-13(2,11)12/h8H,3-6H2,1-2H3,(H,9,10). The van der Waals surface area contributed by atoms with Gasteiger partial charge in [0.2, 0.25) is 5.91 Å². The molecule has 13 heavy (non-hydrogen) atoms. The van der Waals surface area contributed by atoms with Crippen LogP contribution in [0.15, 0.2) is 0 Å². The first-order chi connectivity index (χ1) is 5.92. The Hall–Kier alpha value is -0.620. The molecule has 0 aromatic heterocycles. The molecule has 0 bridgehead atoms. The second kappa shape index (κ2) is 5.93. The molecule has 1 amide bonds. The number of hydrogen-bond acceptors (Lipinski definition) is 4. The maximum Gasteiger partial charge on any atom is 0.216 e. The quantitative estimate of drug-likeness (QED) is 0.535. The third-order valence-electron chi connectivity index (χ3n) is 1.33. The number of nitrogens with one attached hydrogen (secondary N) is 2. The van der Waals surface area contributed by atoms with Gasteiger partial charge in [-0.3, -0.25) is 4.79 Å². The summed E-state index contributed by atoms with van der Waals surface area (Å²) in [6.45, 7) is 2.99. The molecule has 6 heteroatoms. The average molecular weight is 208 g/mol. The normalized spacial score (nSPS) is 11.2. The fourth-order valence-electron chi connectivity index (χ4n) is 0.709. The van der Waals surface area contributed by atoms with Gasteiger partial charge in [0.15, 0.2) is 0 Å². The van der Waals surface area contributed by atoms with E-state index in [-0.39, 0.29) is 11.7 Å². The minimum atomic E-state index is -2.88. The molecule has 0 fully saturated rings. The van der Waals surface area contributed by atoms with Crippen LogP contribution in [0.3, 0.4) is 0 Å². The van der Waals surface area contributed by atoms with Gasteiger partial charge in [0.25, 0.3) is 0 Å². The van der Waals surface area contributed by atoms with E-state index in [1.807, 2.05) is 0 Å². The average Bonchev–Trinajstić information content (AvgIpc) is 1.93. The number of sulfone groups is 1. The summed E-state index contributed by atoms with van der Waals surface area (Å²) in [7, 11) is -2.88. The lowest BCUT2D eigenvalue weighted by atomic mass is 10.5. The fourth-order valence-corrected chi connectivity index (χ4v) is 1.22. The van der Waals surface area contributed by atoms with Gasteiger partial charge in [-0.15, -0.1) is 0 Å². The van der Waals surface area contributed by atoms with Crippen molar-refractivity contribution < 1.29 is 13.2 Å². The predicted octanol–water partition coefficient (Wildman–Crippen LogP) is -1.24. The Morgan fingerprint density at radius 2 is 1.85 bits per heavy atom. The van der Waals surface area contributed by atoms with Crippen molar-refractivity contribution in [2.75, 3.05) is 31.6 Å². The van der Waals surface area contributed by atoms with Crippen molar-refractivity contribution in [1.82, 2.24) is 10.6 Å². The molecule has 5 nitrogen and oxygen atoms in total. The van der Waals surface area contributed by atoms with Crippen LogP contribution >= 0.6 is 0 Å². The molecule has 0 aliphatic heterocycles. The third-order valence-corrected chi connectivity index (χ3v) is 2.27. The fraction of sp³-hybridized carbons (Fsp3) is 0.857. The summed E-state index contributed by atoms with van der Waals surface area (Å²) in [5.74, 6) is 0.0532. The second-order valence-electron chi connectivity index (χ2n) is 2.86. The van der Waals surface area contributed by atoms with Crippen molar-refractivity contribution >= 4 is 15.7 Å². The van der Waals surface area contributed by atoms with E-state index in [1.54, 1.807) is 0 Å². The first-order valence-electron chi connectivity index (χ1n) is 4.05. The van der Waals surface area contributed by atoms with Gasteiger partial charge in [-0.2, -0.15) is 0 Å². The molecule has 0 atom stereocenters. The maximum absolute atomic E-state index is 10.7. The van der Waals surface area contributed by atoms with Crippen LogP contribution in [0.1, 0.15) is 6.92 Å². The van der Waals surface area contributed by atoms with Gasteiger partial charge in [-0.25, -0.2) is 8.42 Å². The largest absolute Gasteiger partial charge is 0.355 e. The topological polar surface area (TPSA) is 75.3 Å². The zero-order valence-electron chi connectivity index (χ0n) is 7.96. The number of amides is 1. The molecule has 0 unspecified atom stereocenters. The zero-order chi connectivity index (χ0) is 10.3. The molecular formula is C7H16N2O3S. The molecule has 0 heterocycles. The highest BCUT2D eigenvalue weighted by Gasteiger charge is 1.99. The van der Waals surface area contributed by atoms with Gasteiger partial charge < -0.3 is 10.6 Å². The summed E-state index contributed by atoms with van der Waals surface area (Å²) >= 11 is 0. The molecule has 0 saturated heterocycles. The zero-order valence-corrected chi connectivity index (χ0v) is 8.78. The van der Waals surface area contributed by atoms with Crippen LogP contribution in [-0.2, 0) is 14.6 Å². The molecule has 0 rings (SSSR count). The Morgan fingerprint density at radius 1 is 1.23 bits per heavy atom. The van der Waals surface area contributed by atoms with E-state index in [0.717, 1.165) is 0 Å². The summed E-state index contributed by atoms with van der Waals surface area (Å²) in [6.07, 6.45) is 1.20. The number of rotatable bonds is 6. The number of hydrogen-bond donors (Lipinski definition) is 2. The van der Waals surface area contributed by atoms with E-state index in [4.69, 9.17) is 0 Å². The molecule has 0 saturated carbocycles. The van der Waals surface area contributed by atoms with E-state index in [2.05, 4.69) is 10.6 Å². The van der Waals surface area contributed by atoms with Crippen molar-refractivity contribution in [2.45, 2.75) is 6.92 Å². The Balaban J connectivity index is 3.23. The van der Waals surface area contributed by atoms with Gasteiger partial charge in [0.1, 0.15) is 9.84 Å². The Kier molecular flexibility index (Phi) is 5.65. The Morgan fingerprint density at radius 3 is 2.31 bits per heavy atom. The monoisotopic (exact) mass is 208 g/mol. The molecule has 0 aliphatic carbocycles. The van der Waals surface area contributed by atoms with Crippen LogP contribution in [0.2, 0.25) is 0 Å². The lowest BCUT2D eigenvalue weighted by Crippen LogP contribution is -2.32. The lowest BCUT2D eigenvalue weighted by Gasteiger charge is -2.03. The van der Waals surface area contributed by atoms with Gasteiger partial charge in [0, 0.05) is 32.8 Å².